The van der Waals surface area contributed by atoms with E-state index in [9.17, 15) is 0 Å². The molecule has 0 spiro atoms. The van der Waals surface area contributed by atoms with Crippen molar-refractivity contribution in [2.45, 2.75) is 195 Å². The van der Waals surface area contributed by atoms with Crippen LogP contribution in [0.5, 0.6) is 0 Å². The minimum atomic E-state index is 0.546. The Morgan fingerprint density at radius 2 is 0.771 bits per heavy atom. The lowest BCUT2D eigenvalue weighted by atomic mass is 9.78. The second kappa shape index (κ2) is 19.3. The van der Waals surface area contributed by atoms with Gasteiger partial charge in [-0.25, -0.2) is 0 Å². The lowest BCUT2D eigenvalue weighted by Gasteiger charge is -2.28. The van der Waals surface area contributed by atoms with E-state index in [1.807, 2.05) is 0 Å². The zero-order valence-electron chi connectivity index (χ0n) is 32.5. The van der Waals surface area contributed by atoms with Crippen molar-refractivity contribution in [2.75, 3.05) is 0 Å². The van der Waals surface area contributed by atoms with Crippen LogP contribution >= 0.6 is 0 Å². The molecule has 0 N–H and O–H groups in total. The molecule has 4 aliphatic rings. The Balaban J connectivity index is 0.777. The first-order valence-corrected chi connectivity index (χ1v) is 21.7. The zero-order valence-corrected chi connectivity index (χ0v) is 32.5. The fourth-order valence-corrected chi connectivity index (χ4v) is 10.4. The summed E-state index contributed by atoms with van der Waals surface area (Å²) in [4.78, 5) is 0. The third-order valence-corrected chi connectivity index (χ3v) is 13.9. The first-order valence-electron chi connectivity index (χ1n) is 21.7. The molecule has 0 nitrogen and oxygen atoms in total. The number of hydrogen-bond donors (Lipinski definition) is 0. The van der Waals surface area contributed by atoms with Gasteiger partial charge in [0.2, 0.25) is 0 Å². The minimum absolute atomic E-state index is 0.546. The smallest absolute Gasteiger partial charge is 0.0199 e. The molecule has 0 heteroatoms. The number of aryl methyl sites for hydroxylation is 2. The standard InChI is InChI=1S/C48H78/c1-47(2,33-29-45-37-41-25-27-43(45)35-41)31-17-13-9-5-7-11-15-19-39-21-23-40(24-22-39)20-16-12-8-6-10-14-18-32-48(3,4)34-30-46-38-42-26-28-44(46)36-42/h21-28,41-46H,5-20,29-38H2,1-4H3. The Labute approximate surface area is 299 Å². The Morgan fingerprint density at radius 1 is 0.417 bits per heavy atom. The average molecular weight is 655 g/mol. The molecule has 0 saturated heterocycles. The quantitative estimate of drug-likeness (QED) is 0.0689. The van der Waals surface area contributed by atoms with Crippen LogP contribution in [-0.2, 0) is 12.8 Å². The third kappa shape index (κ3) is 13.1. The van der Waals surface area contributed by atoms with Crippen LogP contribution in [0.4, 0.5) is 0 Å². The monoisotopic (exact) mass is 655 g/mol. The van der Waals surface area contributed by atoms with Crippen molar-refractivity contribution in [3.63, 3.8) is 0 Å². The van der Waals surface area contributed by atoms with Gasteiger partial charge >= 0.3 is 0 Å². The molecule has 2 fully saturated rings. The molecular formula is C48H78. The predicted octanol–water partition coefficient (Wildman–Crippen LogP) is 15.1. The molecule has 0 heterocycles. The van der Waals surface area contributed by atoms with E-state index in [-0.39, 0.29) is 0 Å². The molecule has 0 radical (unpaired) electrons. The van der Waals surface area contributed by atoms with Crippen LogP contribution in [0.15, 0.2) is 48.6 Å². The summed E-state index contributed by atoms with van der Waals surface area (Å²) in [5, 5.41) is 0. The summed E-state index contributed by atoms with van der Waals surface area (Å²) in [7, 11) is 0. The first kappa shape index (κ1) is 37.9. The highest BCUT2D eigenvalue weighted by Gasteiger charge is 2.37. The van der Waals surface area contributed by atoms with Crippen molar-refractivity contribution in [1.29, 1.82) is 0 Å². The number of allylic oxidation sites excluding steroid dienone is 4. The predicted molar refractivity (Wildman–Crippen MR) is 211 cm³/mol. The largest absolute Gasteiger partial charge is 0.0851 e. The van der Waals surface area contributed by atoms with Gasteiger partial charge in [-0.1, -0.05) is 153 Å². The fraction of sp³-hybridized carbons (Fsp3) is 0.792. The van der Waals surface area contributed by atoms with Gasteiger partial charge in [0.15, 0.2) is 0 Å². The van der Waals surface area contributed by atoms with Gasteiger partial charge in [-0.05, 0) is 147 Å². The third-order valence-electron chi connectivity index (χ3n) is 13.9. The fourth-order valence-electron chi connectivity index (χ4n) is 10.4. The van der Waals surface area contributed by atoms with Crippen molar-refractivity contribution in [1.82, 2.24) is 0 Å². The van der Waals surface area contributed by atoms with Crippen molar-refractivity contribution in [3.8, 4) is 0 Å². The Morgan fingerprint density at radius 3 is 1.10 bits per heavy atom. The average Bonchev–Trinajstić information content (AvgIpc) is 3.89. The molecule has 0 aromatic heterocycles. The topological polar surface area (TPSA) is 0 Å². The van der Waals surface area contributed by atoms with E-state index in [4.69, 9.17) is 0 Å². The van der Waals surface area contributed by atoms with Crippen LogP contribution < -0.4 is 0 Å². The van der Waals surface area contributed by atoms with Crippen LogP contribution in [0.1, 0.15) is 193 Å². The van der Waals surface area contributed by atoms with Crippen molar-refractivity contribution in [2.24, 2.45) is 46.3 Å². The molecule has 4 aliphatic carbocycles. The van der Waals surface area contributed by atoms with Gasteiger partial charge in [0.1, 0.15) is 0 Å². The van der Waals surface area contributed by atoms with Crippen LogP contribution in [-0.4, -0.2) is 0 Å². The maximum Gasteiger partial charge on any atom is -0.0199 e. The van der Waals surface area contributed by atoms with Gasteiger partial charge < -0.3 is 0 Å². The maximum atomic E-state index is 2.53. The van der Waals surface area contributed by atoms with Gasteiger partial charge in [-0.15, -0.1) is 0 Å². The molecule has 6 unspecified atom stereocenters. The van der Waals surface area contributed by atoms with Crippen LogP contribution in [0.3, 0.4) is 0 Å². The summed E-state index contributed by atoms with van der Waals surface area (Å²) in [6.45, 7) is 10.1. The molecule has 4 bridgehead atoms. The molecule has 1 aromatic rings. The van der Waals surface area contributed by atoms with Gasteiger partial charge in [0.25, 0.3) is 0 Å². The first-order chi connectivity index (χ1) is 23.2. The summed E-state index contributed by atoms with van der Waals surface area (Å²) < 4.78 is 0. The Kier molecular flexibility index (Phi) is 15.3. The number of benzene rings is 1. The highest BCUT2D eigenvalue weighted by Crippen LogP contribution is 2.48. The lowest BCUT2D eigenvalue weighted by molar-refractivity contribution is 0.251. The summed E-state index contributed by atoms with van der Waals surface area (Å²) >= 11 is 0. The highest BCUT2D eigenvalue weighted by molar-refractivity contribution is 5.22. The lowest BCUT2D eigenvalue weighted by Crippen LogP contribution is -2.15. The van der Waals surface area contributed by atoms with E-state index >= 15 is 0 Å². The van der Waals surface area contributed by atoms with Crippen molar-refractivity contribution in [3.05, 3.63) is 59.7 Å². The molecule has 6 atom stereocenters. The van der Waals surface area contributed by atoms with E-state index in [0.717, 1.165) is 35.5 Å². The Hall–Kier alpha value is -1.30. The minimum Gasteiger partial charge on any atom is -0.0851 e. The van der Waals surface area contributed by atoms with E-state index < -0.39 is 0 Å². The van der Waals surface area contributed by atoms with E-state index in [1.54, 1.807) is 11.1 Å². The van der Waals surface area contributed by atoms with Gasteiger partial charge in [0.05, 0.1) is 0 Å². The highest BCUT2D eigenvalue weighted by atomic mass is 14.4. The van der Waals surface area contributed by atoms with E-state index in [2.05, 4.69) is 76.3 Å². The summed E-state index contributed by atoms with van der Waals surface area (Å²) in [6.07, 6.45) is 47.1. The van der Waals surface area contributed by atoms with Crippen LogP contribution in [0.2, 0.25) is 0 Å². The molecule has 2 saturated carbocycles. The number of unbranched alkanes of at least 4 members (excludes halogenated alkanes) is 12. The van der Waals surface area contributed by atoms with E-state index in [1.165, 1.54) is 167 Å². The normalized spacial score (nSPS) is 26.0. The molecular weight excluding hydrogens is 577 g/mol. The second-order valence-electron chi connectivity index (χ2n) is 19.3. The second-order valence-corrected chi connectivity index (χ2v) is 19.3. The van der Waals surface area contributed by atoms with Gasteiger partial charge in [-0.3, -0.25) is 0 Å². The molecule has 270 valence electrons. The Bertz CT molecular complexity index is 997. The molecule has 5 rings (SSSR count). The van der Waals surface area contributed by atoms with Crippen LogP contribution in [0.25, 0.3) is 0 Å². The number of hydrogen-bond acceptors (Lipinski definition) is 0. The molecule has 48 heavy (non-hydrogen) atoms. The summed E-state index contributed by atoms with van der Waals surface area (Å²) in [6, 6.07) is 9.67. The van der Waals surface area contributed by atoms with Crippen LogP contribution in [0, 0.1) is 46.3 Å². The number of fused-ring (bicyclic) bond motifs is 4. The summed E-state index contributed by atoms with van der Waals surface area (Å²) in [5.74, 6) is 5.74. The molecule has 1 aromatic carbocycles. The zero-order chi connectivity index (χ0) is 33.7. The van der Waals surface area contributed by atoms with Gasteiger partial charge in [0, 0.05) is 0 Å². The SMILES string of the molecule is CC(C)(CCCCCCCCCc1ccc(CCCCCCCCCC(C)(C)CCC2CC3C=CC2C3)cc1)CCC1CC2C=CC1C2. The molecule has 0 aliphatic heterocycles. The van der Waals surface area contributed by atoms with Crippen molar-refractivity contribution < 1.29 is 0 Å². The van der Waals surface area contributed by atoms with E-state index in [0.29, 0.717) is 10.8 Å². The van der Waals surface area contributed by atoms with Crippen molar-refractivity contribution >= 4 is 0 Å². The van der Waals surface area contributed by atoms with Gasteiger partial charge in [-0.2, -0.15) is 0 Å². The number of rotatable bonds is 26. The maximum absolute atomic E-state index is 2.53. The molecule has 0 amide bonds. The summed E-state index contributed by atoms with van der Waals surface area (Å²) in [5.41, 5.74) is 4.19.